The fourth-order valence-corrected chi connectivity index (χ4v) is 3.34. The van der Waals surface area contributed by atoms with Gasteiger partial charge in [-0.15, -0.1) is 5.10 Å². The molecule has 0 atom stereocenters. The number of sulfonamides is 1. The van der Waals surface area contributed by atoms with Gasteiger partial charge in [0.1, 0.15) is 5.75 Å². The highest BCUT2D eigenvalue weighted by molar-refractivity contribution is 7.92. The highest BCUT2D eigenvalue weighted by atomic mass is 32.2. The molecule has 0 spiro atoms. The van der Waals surface area contributed by atoms with Crippen molar-refractivity contribution < 1.29 is 13.2 Å². The Hall–Kier alpha value is -2.94. The molecule has 3 rings (SSSR count). The number of aromatic nitrogens is 4. The quantitative estimate of drug-likeness (QED) is 0.723. The summed E-state index contributed by atoms with van der Waals surface area (Å²) in [6.45, 7) is 2.39. The number of hydrogen-bond donors (Lipinski definition) is 1. The normalized spacial score (nSPS) is 11.3. The predicted octanol–water partition coefficient (Wildman–Crippen LogP) is 2.08. The van der Waals surface area contributed by atoms with E-state index in [9.17, 15) is 8.42 Å². The minimum atomic E-state index is -3.70. The largest absolute Gasteiger partial charge is 0.494 e. The molecule has 0 aliphatic rings. The highest BCUT2D eigenvalue weighted by Gasteiger charge is 2.15. The molecule has 8 nitrogen and oxygen atoms in total. The zero-order valence-electron chi connectivity index (χ0n) is 13.7. The van der Waals surface area contributed by atoms with E-state index >= 15 is 0 Å². The Bertz CT molecular complexity index is 967. The third kappa shape index (κ3) is 3.77. The lowest BCUT2D eigenvalue weighted by Gasteiger charge is -2.10. The van der Waals surface area contributed by atoms with Gasteiger partial charge in [-0.1, -0.05) is 12.1 Å². The van der Waals surface area contributed by atoms with E-state index in [2.05, 4.69) is 20.2 Å². The fourth-order valence-electron chi connectivity index (χ4n) is 2.29. The molecule has 2 aromatic carbocycles. The Labute approximate surface area is 145 Å². The Balaban J connectivity index is 1.85. The minimum absolute atomic E-state index is 0.154. The van der Waals surface area contributed by atoms with Crippen LogP contribution in [0.1, 0.15) is 6.92 Å². The van der Waals surface area contributed by atoms with Gasteiger partial charge in [-0.25, -0.2) is 13.1 Å². The van der Waals surface area contributed by atoms with Crippen molar-refractivity contribution in [3.8, 4) is 17.1 Å². The van der Waals surface area contributed by atoms with Crippen LogP contribution in [0.5, 0.6) is 5.75 Å². The van der Waals surface area contributed by atoms with Crippen LogP contribution in [0.4, 0.5) is 5.69 Å². The summed E-state index contributed by atoms with van der Waals surface area (Å²) in [6, 6.07) is 13.1. The van der Waals surface area contributed by atoms with Gasteiger partial charge in [0.05, 0.1) is 11.5 Å². The van der Waals surface area contributed by atoms with Gasteiger partial charge in [0, 0.05) is 18.3 Å². The van der Waals surface area contributed by atoms with E-state index < -0.39 is 10.0 Å². The molecular weight excluding hydrogens is 342 g/mol. The Morgan fingerprint density at radius 2 is 1.92 bits per heavy atom. The maximum absolute atomic E-state index is 12.5. The van der Waals surface area contributed by atoms with Crippen LogP contribution in [0.15, 0.2) is 53.4 Å². The number of anilines is 1. The second-order valence-electron chi connectivity index (χ2n) is 5.22. The topological polar surface area (TPSA) is 99.0 Å². The summed E-state index contributed by atoms with van der Waals surface area (Å²) in [5, 5.41) is 11.3. The van der Waals surface area contributed by atoms with Gasteiger partial charge in [-0.05, 0) is 53.7 Å². The molecule has 0 aliphatic carbocycles. The summed E-state index contributed by atoms with van der Waals surface area (Å²) in [5.74, 6) is 1.17. The molecular formula is C16H17N5O3S. The van der Waals surface area contributed by atoms with Crippen molar-refractivity contribution in [3.05, 3.63) is 48.5 Å². The van der Waals surface area contributed by atoms with Gasteiger partial charge in [-0.2, -0.15) is 0 Å². The number of rotatable bonds is 6. The first-order chi connectivity index (χ1) is 12.0. The Morgan fingerprint density at radius 1 is 1.16 bits per heavy atom. The maximum Gasteiger partial charge on any atom is 0.261 e. The highest BCUT2D eigenvalue weighted by Crippen LogP contribution is 2.23. The SMILES string of the molecule is CCOc1ccc(S(=O)(=O)Nc2cccc(-c3nnnn3C)c2)cc1. The van der Waals surface area contributed by atoms with Gasteiger partial charge < -0.3 is 4.74 Å². The molecule has 1 heterocycles. The number of nitrogens with one attached hydrogen (secondary N) is 1. The van der Waals surface area contributed by atoms with Gasteiger partial charge in [0.15, 0.2) is 5.82 Å². The van der Waals surface area contributed by atoms with Crippen LogP contribution in [-0.2, 0) is 17.1 Å². The van der Waals surface area contributed by atoms with Crippen LogP contribution in [0.25, 0.3) is 11.4 Å². The van der Waals surface area contributed by atoms with E-state index in [1.165, 1.54) is 16.8 Å². The lowest BCUT2D eigenvalue weighted by atomic mass is 10.2. The van der Waals surface area contributed by atoms with Crippen molar-refractivity contribution in [2.24, 2.45) is 7.05 Å². The second kappa shape index (κ2) is 6.89. The number of hydrogen-bond acceptors (Lipinski definition) is 6. The zero-order valence-corrected chi connectivity index (χ0v) is 14.6. The first kappa shape index (κ1) is 16.9. The molecule has 0 radical (unpaired) electrons. The van der Waals surface area contributed by atoms with Crippen molar-refractivity contribution in [2.45, 2.75) is 11.8 Å². The van der Waals surface area contributed by atoms with Crippen molar-refractivity contribution in [1.82, 2.24) is 20.2 Å². The van der Waals surface area contributed by atoms with Crippen molar-refractivity contribution >= 4 is 15.7 Å². The van der Waals surface area contributed by atoms with E-state index in [-0.39, 0.29) is 4.90 Å². The molecule has 25 heavy (non-hydrogen) atoms. The minimum Gasteiger partial charge on any atom is -0.494 e. The van der Waals surface area contributed by atoms with Crippen LogP contribution in [0.2, 0.25) is 0 Å². The molecule has 0 saturated carbocycles. The van der Waals surface area contributed by atoms with Crippen LogP contribution in [-0.4, -0.2) is 35.2 Å². The molecule has 0 amide bonds. The number of benzene rings is 2. The van der Waals surface area contributed by atoms with E-state index in [0.29, 0.717) is 29.4 Å². The monoisotopic (exact) mass is 359 g/mol. The second-order valence-corrected chi connectivity index (χ2v) is 6.90. The van der Waals surface area contributed by atoms with Crippen molar-refractivity contribution in [2.75, 3.05) is 11.3 Å². The van der Waals surface area contributed by atoms with Crippen LogP contribution < -0.4 is 9.46 Å². The van der Waals surface area contributed by atoms with Crippen molar-refractivity contribution in [1.29, 1.82) is 0 Å². The summed E-state index contributed by atoms with van der Waals surface area (Å²) in [4.78, 5) is 0.154. The maximum atomic E-state index is 12.5. The number of nitrogens with zero attached hydrogens (tertiary/aromatic N) is 4. The first-order valence-corrected chi connectivity index (χ1v) is 9.06. The van der Waals surface area contributed by atoms with E-state index in [0.717, 1.165) is 0 Å². The van der Waals surface area contributed by atoms with E-state index in [1.807, 2.05) is 6.92 Å². The third-order valence-corrected chi connectivity index (χ3v) is 4.84. The van der Waals surface area contributed by atoms with E-state index in [4.69, 9.17) is 4.74 Å². The smallest absolute Gasteiger partial charge is 0.261 e. The Morgan fingerprint density at radius 3 is 2.56 bits per heavy atom. The predicted molar refractivity (Wildman–Crippen MR) is 92.7 cm³/mol. The molecule has 3 aromatic rings. The number of tetrazole rings is 1. The van der Waals surface area contributed by atoms with Crippen molar-refractivity contribution in [3.63, 3.8) is 0 Å². The molecule has 130 valence electrons. The summed E-state index contributed by atoms with van der Waals surface area (Å²) >= 11 is 0. The first-order valence-electron chi connectivity index (χ1n) is 7.58. The zero-order chi connectivity index (χ0) is 17.9. The molecule has 0 unspecified atom stereocenters. The molecule has 0 bridgehead atoms. The molecule has 1 N–H and O–H groups in total. The molecule has 9 heteroatoms. The van der Waals surface area contributed by atoms with Gasteiger partial charge in [-0.3, -0.25) is 4.72 Å². The van der Waals surface area contributed by atoms with Crippen LogP contribution >= 0.6 is 0 Å². The lowest BCUT2D eigenvalue weighted by Crippen LogP contribution is -2.13. The average Bonchev–Trinajstić information content (AvgIpc) is 3.02. The van der Waals surface area contributed by atoms with Crippen LogP contribution in [0, 0.1) is 0 Å². The fraction of sp³-hybridized carbons (Fsp3) is 0.188. The lowest BCUT2D eigenvalue weighted by molar-refractivity contribution is 0.340. The Kier molecular flexibility index (Phi) is 4.66. The molecule has 0 saturated heterocycles. The average molecular weight is 359 g/mol. The molecule has 0 fully saturated rings. The summed E-state index contributed by atoms with van der Waals surface area (Å²) < 4.78 is 34.5. The molecule has 1 aromatic heterocycles. The van der Waals surface area contributed by atoms with Gasteiger partial charge in [0.2, 0.25) is 0 Å². The van der Waals surface area contributed by atoms with Gasteiger partial charge in [0.25, 0.3) is 10.0 Å². The standard InChI is InChI=1S/C16H17N5O3S/c1-3-24-14-7-9-15(10-8-14)25(22,23)18-13-6-4-5-12(11-13)16-17-19-20-21(16)2/h4-11,18H,3H2,1-2H3. The number of ether oxygens (including phenoxy) is 1. The third-order valence-electron chi connectivity index (χ3n) is 3.44. The molecule has 0 aliphatic heterocycles. The van der Waals surface area contributed by atoms with E-state index in [1.54, 1.807) is 43.4 Å². The summed E-state index contributed by atoms with van der Waals surface area (Å²) in [5.41, 5.74) is 1.13. The summed E-state index contributed by atoms with van der Waals surface area (Å²) in [7, 11) is -1.99. The summed E-state index contributed by atoms with van der Waals surface area (Å²) in [6.07, 6.45) is 0. The number of aryl methyl sites for hydroxylation is 1. The van der Waals surface area contributed by atoms with Crippen LogP contribution in [0.3, 0.4) is 0 Å². The van der Waals surface area contributed by atoms with Gasteiger partial charge >= 0.3 is 0 Å².